The van der Waals surface area contributed by atoms with Crippen molar-refractivity contribution in [2.24, 2.45) is 0 Å². The van der Waals surface area contributed by atoms with E-state index in [1.165, 1.54) is 0 Å². The molecular weight excluding hydrogens is 420 g/mol. The van der Waals surface area contributed by atoms with E-state index >= 15 is 0 Å². The van der Waals surface area contributed by atoms with Crippen LogP contribution in [0.15, 0.2) is 66.2 Å². The van der Waals surface area contributed by atoms with E-state index in [4.69, 9.17) is 9.47 Å². The molecule has 3 aromatic carbocycles. The van der Waals surface area contributed by atoms with Gasteiger partial charge in [0.15, 0.2) is 11.5 Å². The molecule has 5 rings (SSSR count). The minimum Gasteiger partial charge on any atom is -0.507 e. The zero-order valence-electron chi connectivity index (χ0n) is 18.4. The second kappa shape index (κ2) is 8.26. The van der Waals surface area contributed by atoms with Gasteiger partial charge in [0.1, 0.15) is 5.76 Å². The molecule has 2 heterocycles. The molecule has 2 aliphatic heterocycles. The molecule has 7 heteroatoms. The fraction of sp³-hybridized carbons (Fsp3) is 0.231. The Hall–Kier alpha value is -3.84. The molecule has 33 heavy (non-hydrogen) atoms. The maximum Gasteiger partial charge on any atom is 0.295 e. The van der Waals surface area contributed by atoms with Crippen LogP contribution in [0.25, 0.3) is 16.5 Å². The number of aliphatic hydroxyl groups is 1. The third-order valence-electron chi connectivity index (χ3n) is 6.09. The molecule has 0 radical (unpaired) electrons. The van der Waals surface area contributed by atoms with Crippen LogP contribution in [0.4, 0.5) is 0 Å². The summed E-state index contributed by atoms with van der Waals surface area (Å²) in [6, 6.07) is 17.9. The molecule has 2 aliphatic rings. The Morgan fingerprint density at radius 2 is 1.79 bits per heavy atom. The Bertz CT molecular complexity index is 1290. The molecule has 0 aromatic heterocycles. The maximum atomic E-state index is 13.3. The Balaban J connectivity index is 1.70. The van der Waals surface area contributed by atoms with Crippen molar-refractivity contribution in [3.8, 4) is 11.5 Å². The van der Waals surface area contributed by atoms with Crippen molar-refractivity contribution in [1.29, 1.82) is 0 Å². The van der Waals surface area contributed by atoms with Crippen molar-refractivity contribution in [1.82, 2.24) is 9.80 Å². The van der Waals surface area contributed by atoms with Crippen molar-refractivity contribution in [3.05, 3.63) is 77.4 Å². The lowest BCUT2D eigenvalue weighted by Crippen LogP contribution is -2.35. The molecule has 168 valence electrons. The largest absolute Gasteiger partial charge is 0.507 e. The second-order valence-electron chi connectivity index (χ2n) is 8.43. The highest BCUT2D eigenvalue weighted by atomic mass is 16.7. The number of nitrogens with zero attached hydrogens (tertiary/aromatic N) is 2. The van der Waals surface area contributed by atoms with Crippen molar-refractivity contribution in [2.75, 3.05) is 34.0 Å². The molecule has 1 amide bonds. The zero-order chi connectivity index (χ0) is 23.1. The molecule has 1 unspecified atom stereocenters. The van der Waals surface area contributed by atoms with Gasteiger partial charge in [-0.05, 0) is 48.6 Å². The molecular formula is C26H24N2O5. The predicted molar refractivity (Wildman–Crippen MR) is 124 cm³/mol. The highest BCUT2D eigenvalue weighted by Crippen LogP contribution is 2.43. The van der Waals surface area contributed by atoms with E-state index < -0.39 is 17.7 Å². The third-order valence-corrected chi connectivity index (χ3v) is 6.09. The summed E-state index contributed by atoms with van der Waals surface area (Å²) in [5, 5.41) is 13.2. The molecule has 1 atom stereocenters. The standard InChI is InChI=1S/C26H24N2O5/c1-27(2)12-13-28-23(19-9-5-7-16-6-3-4-8-18(16)19)22(25(30)26(28)31)24(29)17-10-11-20-21(14-17)33-15-32-20/h3-11,14,23,29H,12-13,15H2,1-2H3/b24-22-. The van der Waals surface area contributed by atoms with Gasteiger partial charge in [-0.3, -0.25) is 9.59 Å². The monoisotopic (exact) mass is 444 g/mol. The van der Waals surface area contributed by atoms with Gasteiger partial charge in [0, 0.05) is 18.7 Å². The first-order valence-corrected chi connectivity index (χ1v) is 10.8. The van der Waals surface area contributed by atoms with E-state index in [2.05, 4.69) is 0 Å². The molecule has 7 nitrogen and oxygen atoms in total. The van der Waals surface area contributed by atoms with E-state index in [1.807, 2.05) is 61.5 Å². The van der Waals surface area contributed by atoms with Crippen LogP contribution in [0.1, 0.15) is 17.2 Å². The SMILES string of the molecule is CN(C)CCN1C(=O)C(=O)/C(=C(\O)c2ccc3c(c2)OCO3)C1c1cccc2ccccc12. The number of likely N-dealkylation sites (tertiary alicyclic amines) is 1. The van der Waals surface area contributed by atoms with E-state index in [-0.39, 0.29) is 18.1 Å². The first kappa shape index (κ1) is 21.0. The van der Waals surface area contributed by atoms with Crippen molar-refractivity contribution < 1.29 is 24.2 Å². The number of likely N-dealkylation sites (N-methyl/N-ethyl adjacent to an activating group) is 1. The van der Waals surface area contributed by atoms with Crippen LogP contribution in [-0.2, 0) is 9.59 Å². The molecule has 1 fully saturated rings. The summed E-state index contributed by atoms with van der Waals surface area (Å²) in [5.74, 6) is -0.470. The van der Waals surface area contributed by atoms with Gasteiger partial charge in [0.2, 0.25) is 6.79 Å². The Kier molecular flexibility index (Phi) is 5.26. The van der Waals surface area contributed by atoms with Gasteiger partial charge >= 0.3 is 0 Å². The van der Waals surface area contributed by atoms with Crippen LogP contribution >= 0.6 is 0 Å². The second-order valence-corrected chi connectivity index (χ2v) is 8.43. The number of hydrogen-bond donors (Lipinski definition) is 1. The average Bonchev–Trinajstić information content (AvgIpc) is 3.39. The predicted octanol–water partition coefficient (Wildman–Crippen LogP) is 3.55. The minimum atomic E-state index is -0.707. The van der Waals surface area contributed by atoms with Crippen LogP contribution in [0.3, 0.4) is 0 Å². The van der Waals surface area contributed by atoms with Gasteiger partial charge in [-0.25, -0.2) is 0 Å². The van der Waals surface area contributed by atoms with Gasteiger partial charge in [-0.1, -0.05) is 42.5 Å². The molecule has 1 N–H and O–H groups in total. The van der Waals surface area contributed by atoms with Crippen molar-refractivity contribution in [3.63, 3.8) is 0 Å². The first-order chi connectivity index (χ1) is 16.0. The smallest absolute Gasteiger partial charge is 0.295 e. The number of Topliss-reactive ketones (excluding diaryl/α,β-unsaturated/α-hetero) is 1. The number of amides is 1. The van der Waals surface area contributed by atoms with Gasteiger partial charge < -0.3 is 24.4 Å². The van der Waals surface area contributed by atoms with Crippen LogP contribution < -0.4 is 9.47 Å². The summed E-state index contributed by atoms with van der Waals surface area (Å²) < 4.78 is 10.8. The summed E-state index contributed by atoms with van der Waals surface area (Å²) >= 11 is 0. The van der Waals surface area contributed by atoms with E-state index in [1.54, 1.807) is 23.1 Å². The summed E-state index contributed by atoms with van der Waals surface area (Å²) in [7, 11) is 3.83. The number of hydrogen-bond acceptors (Lipinski definition) is 6. The van der Waals surface area contributed by atoms with Crippen molar-refractivity contribution >= 4 is 28.2 Å². The fourth-order valence-corrected chi connectivity index (χ4v) is 4.43. The third kappa shape index (κ3) is 3.60. The number of carbonyl (C=O) groups is 2. The number of aliphatic hydroxyl groups excluding tert-OH is 1. The quantitative estimate of drug-likeness (QED) is 0.368. The first-order valence-electron chi connectivity index (χ1n) is 10.8. The van der Waals surface area contributed by atoms with Gasteiger partial charge in [0.05, 0.1) is 11.6 Å². The van der Waals surface area contributed by atoms with Crippen LogP contribution in [-0.4, -0.2) is 60.6 Å². The molecule has 0 spiro atoms. The van der Waals surface area contributed by atoms with Crippen LogP contribution in [0, 0.1) is 0 Å². The number of benzene rings is 3. The summed E-state index contributed by atoms with van der Waals surface area (Å²) in [6.07, 6.45) is 0. The topological polar surface area (TPSA) is 79.3 Å². The normalized spacial score (nSPS) is 19.1. The highest BCUT2D eigenvalue weighted by Gasteiger charge is 2.46. The number of fused-ring (bicyclic) bond motifs is 2. The van der Waals surface area contributed by atoms with Gasteiger partial charge in [0.25, 0.3) is 11.7 Å². The molecule has 3 aromatic rings. The highest BCUT2D eigenvalue weighted by molar-refractivity contribution is 6.46. The van der Waals surface area contributed by atoms with E-state index in [9.17, 15) is 14.7 Å². The Morgan fingerprint density at radius 3 is 2.61 bits per heavy atom. The van der Waals surface area contributed by atoms with Crippen LogP contribution in [0.5, 0.6) is 11.5 Å². The number of ketones is 1. The summed E-state index contributed by atoms with van der Waals surface area (Å²) in [6.45, 7) is 1.03. The Labute approximate surface area is 191 Å². The van der Waals surface area contributed by atoms with Crippen LogP contribution in [0.2, 0.25) is 0 Å². The average molecular weight is 444 g/mol. The maximum absolute atomic E-state index is 13.3. The fourth-order valence-electron chi connectivity index (χ4n) is 4.43. The lowest BCUT2D eigenvalue weighted by atomic mass is 9.91. The molecule has 0 aliphatic carbocycles. The molecule has 0 saturated carbocycles. The number of carbonyl (C=O) groups excluding carboxylic acids is 2. The zero-order valence-corrected chi connectivity index (χ0v) is 18.4. The van der Waals surface area contributed by atoms with Gasteiger partial charge in [-0.2, -0.15) is 0 Å². The summed E-state index contributed by atoms with van der Waals surface area (Å²) in [5.41, 5.74) is 1.28. The molecule has 0 bridgehead atoms. The van der Waals surface area contributed by atoms with E-state index in [0.29, 0.717) is 30.2 Å². The summed E-state index contributed by atoms with van der Waals surface area (Å²) in [4.78, 5) is 29.9. The Morgan fingerprint density at radius 1 is 1.03 bits per heavy atom. The number of ether oxygens (including phenoxy) is 2. The number of rotatable bonds is 5. The van der Waals surface area contributed by atoms with Gasteiger partial charge in [-0.15, -0.1) is 0 Å². The molecule has 1 saturated heterocycles. The lowest BCUT2D eigenvalue weighted by Gasteiger charge is -2.27. The lowest BCUT2D eigenvalue weighted by molar-refractivity contribution is -0.140. The van der Waals surface area contributed by atoms with Crippen molar-refractivity contribution in [2.45, 2.75) is 6.04 Å². The minimum absolute atomic E-state index is 0.0778. The van der Waals surface area contributed by atoms with E-state index in [0.717, 1.165) is 16.3 Å².